The Morgan fingerprint density at radius 2 is 1.93 bits per heavy atom. The molecule has 0 amide bonds. The maximum Gasteiger partial charge on any atom is 0.244 e. The van der Waals surface area contributed by atoms with Crippen molar-refractivity contribution in [2.75, 3.05) is 6.79 Å². The van der Waals surface area contributed by atoms with Gasteiger partial charge in [0.15, 0.2) is 11.5 Å². The quantitative estimate of drug-likeness (QED) is 0.689. The monoisotopic (exact) mass is 392 g/mol. The highest BCUT2D eigenvalue weighted by Crippen LogP contribution is 2.49. The van der Waals surface area contributed by atoms with E-state index >= 15 is 0 Å². The first kappa shape index (κ1) is 16.5. The average Bonchev–Trinajstić information content (AvgIpc) is 3.33. The number of hydrogen-bond acceptors (Lipinski definition) is 6. The minimum absolute atomic E-state index is 0.000143. The molecule has 0 bridgehead atoms. The summed E-state index contributed by atoms with van der Waals surface area (Å²) >= 11 is 6.56. The number of aromatic amines is 1. The van der Waals surface area contributed by atoms with Gasteiger partial charge in [-0.25, -0.2) is 0 Å². The van der Waals surface area contributed by atoms with Gasteiger partial charge in [0.1, 0.15) is 11.6 Å². The molecule has 28 heavy (non-hydrogen) atoms. The molecule has 138 valence electrons. The third kappa shape index (κ3) is 2.39. The molecule has 2 aromatic carbocycles. The lowest BCUT2D eigenvalue weighted by Gasteiger charge is -2.25. The SMILES string of the molecule is N#CC1=C(N)Oc2n[nH]c(-c3ccccc3)c2C1c1cc2c(cc1Cl)OCO2. The predicted molar refractivity (Wildman–Crippen MR) is 101 cm³/mol. The molecule has 3 aromatic rings. The van der Waals surface area contributed by atoms with E-state index in [0.717, 1.165) is 11.3 Å². The Morgan fingerprint density at radius 3 is 2.68 bits per heavy atom. The fourth-order valence-electron chi connectivity index (χ4n) is 3.54. The van der Waals surface area contributed by atoms with Gasteiger partial charge in [-0.1, -0.05) is 41.9 Å². The van der Waals surface area contributed by atoms with Gasteiger partial charge in [-0.2, -0.15) is 5.26 Å². The van der Waals surface area contributed by atoms with E-state index in [1.807, 2.05) is 30.3 Å². The lowest BCUT2D eigenvalue weighted by molar-refractivity contribution is 0.174. The van der Waals surface area contributed by atoms with E-state index in [1.165, 1.54) is 0 Å². The minimum atomic E-state index is -0.565. The number of nitrogens with two attached hydrogens (primary N) is 1. The highest BCUT2D eigenvalue weighted by molar-refractivity contribution is 6.31. The molecule has 7 nitrogen and oxygen atoms in total. The molecule has 3 heterocycles. The zero-order valence-corrected chi connectivity index (χ0v) is 15.2. The zero-order chi connectivity index (χ0) is 19.3. The fourth-order valence-corrected chi connectivity index (χ4v) is 3.80. The van der Waals surface area contributed by atoms with Gasteiger partial charge in [0.05, 0.1) is 17.2 Å². The predicted octanol–water partition coefficient (Wildman–Crippen LogP) is 3.68. The van der Waals surface area contributed by atoms with Crippen LogP contribution in [0.4, 0.5) is 0 Å². The summed E-state index contributed by atoms with van der Waals surface area (Å²) in [7, 11) is 0. The Hall–Kier alpha value is -3.63. The molecular formula is C20H13ClN4O3. The van der Waals surface area contributed by atoms with Crippen LogP contribution in [0.1, 0.15) is 17.0 Å². The molecule has 1 unspecified atom stereocenters. The van der Waals surface area contributed by atoms with Gasteiger partial charge in [0.2, 0.25) is 18.6 Å². The summed E-state index contributed by atoms with van der Waals surface area (Å²) in [5, 5.41) is 17.5. The number of halogens is 1. The molecule has 0 saturated heterocycles. The highest BCUT2D eigenvalue weighted by atomic mass is 35.5. The number of H-pyrrole nitrogens is 1. The number of nitrogens with zero attached hydrogens (tertiary/aromatic N) is 2. The number of benzene rings is 2. The van der Waals surface area contributed by atoms with Crippen LogP contribution in [0.2, 0.25) is 5.02 Å². The molecule has 1 atom stereocenters. The Morgan fingerprint density at radius 1 is 1.18 bits per heavy atom. The van der Waals surface area contributed by atoms with E-state index in [9.17, 15) is 5.26 Å². The molecule has 2 aliphatic rings. The molecule has 3 N–H and O–H groups in total. The third-order valence-corrected chi connectivity index (χ3v) is 5.13. The van der Waals surface area contributed by atoms with Crippen molar-refractivity contribution in [3.8, 4) is 34.7 Å². The fraction of sp³-hybridized carbons (Fsp3) is 0.100. The van der Waals surface area contributed by atoms with Crippen molar-refractivity contribution in [3.05, 3.63) is 70.1 Å². The topological polar surface area (TPSA) is 106 Å². The van der Waals surface area contributed by atoms with Crippen molar-refractivity contribution in [1.29, 1.82) is 5.26 Å². The molecule has 1 aromatic heterocycles. The molecule has 0 spiro atoms. The second kappa shape index (κ2) is 6.22. The van der Waals surface area contributed by atoms with Crippen LogP contribution >= 0.6 is 11.6 Å². The zero-order valence-electron chi connectivity index (χ0n) is 14.4. The summed E-state index contributed by atoms with van der Waals surface area (Å²) in [6.07, 6.45) is 0. The van der Waals surface area contributed by atoms with E-state index in [0.29, 0.717) is 33.5 Å². The van der Waals surface area contributed by atoms with Crippen LogP contribution in [-0.4, -0.2) is 17.0 Å². The normalized spacial score (nSPS) is 17.1. The van der Waals surface area contributed by atoms with Gasteiger partial charge in [-0.15, -0.1) is 5.10 Å². The number of allylic oxidation sites excluding steroid dienone is 1. The number of nitrogens with one attached hydrogen (secondary N) is 1. The summed E-state index contributed by atoms with van der Waals surface area (Å²) in [6.45, 7) is 0.123. The van der Waals surface area contributed by atoms with E-state index in [-0.39, 0.29) is 18.2 Å². The van der Waals surface area contributed by atoms with Crippen molar-refractivity contribution in [2.24, 2.45) is 5.73 Å². The van der Waals surface area contributed by atoms with Crippen LogP contribution < -0.4 is 19.9 Å². The molecule has 0 fully saturated rings. The first-order chi connectivity index (χ1) is 13.7. The number of rotatable bonds is 2. The van der Waals surface area contributed by atoms with Crippen LogP contribution in [-0.2, 0) is 0 Å². The lowest BCUT2D eigenvalue weighted by atomic mass is 9.83. The first-order valence-electron chi connectivity index (χ1n) is 8.47. The average molecular weight is 393 g/mol. The molecule has 0 radical (unpaired) electrons. The standard InChI is InChI=1S/C20H13ClN4O3/c21-13-7-15-14(26-9-27-15)6-11(13)16-12(8-22)19(23)28-20-17(16)18(24-25-20)10-4-2-1-3-5-10/h1-7,16H,9,23H2,(H,24,25). The molecule has 8 heteroatoms. The number of aromatic nitrogens is 2. The van der Waals surface area contributed by atoms with Gasteiger partial charge in [0.25, 0.3) is 0 Å². The molecule has 0 aliphatic carbocycles. The van der Waals surface area contributed by atoms with Gasteiger partial charge in [-0.05, 0) is 17.2 Å². The second-order valence-electron chi connectivity index (χ2n) is 6.34. The van der Waals surface area contributed by atoms with Crippen molar-refractivity contribution >= 4 is 11.6 Å². The van der Waals surface area contributed by atoms with Crippen molar-refractivity contribution < 1.29 is 14.2 Å². The largest absolute Gasteiger partial charge is 0.454 e. The summed E-state index contributed by atoms with van der Waals surface area (Å²) in [6, 6.07) is 15.3. The van der Waals surface area contributed by atoms with Crippen LogP contribution in [0, 0.1) is 11.3 Å². The van der Waals surface area contributed by atoms with E-state index in [4.69, 9.17) is 31.5 Å². The van der Waals surface area contributed by atoms with E-state index < -0.39 is 5.92 Å². The summed E-state index contributed by atoms with van der Waals surface area (Å²) < 4.78 is 16.5. The Balaban J connectivity index is 1.76. The van der Waals surface area contributed by atoms with Crippen LogP contribution in [0.3, 0.4) is 0 Å². The van der Waals surface area contributed by atoms with Crippen molar-refractivity contribution in [2.45, 2.75) is 5.92 Å². The second-order valence-corrected chi connectivity index (χ2v) is 6.74. The highest BCUT2D eigenvalue weighted by Gasteiger charge is 2.37. The lowest BCUT2D eigenvalue weighted by Crippen LogP contribution is -2.21. The molecular weight excluding hydrogens is 380 g/mol. The third-order valence-electron chi connectivity index (χ3n) is 4.80. The Labute approximate surface area is 164 Å². The van der Waals surface area contributed by atoms with Crippen molar-refractivity contribution in [3.63, 3.8) is 0 Å². The maximum atomic E-state index is 9.80. The van der Waals surface area contributed by atoms with E-state index in [2.05, 4.69) is 16.3 Å². The van der Waals surface area contributed by atoms with Gasteiger partial charge >= 0.3 is 0 Å². The van der Waals surface area contributed by atoms with Gasteiger partial charge in [-0.3, -0.25) is 5.10 Å². The number of nitriles is 1. The Bertz CT molecular complexity index is 1160. The van der Waals surface area contributed by atoms with Gasteiger partial charge < -0.3 is 19.9 Å². The molecule has 2 aliphatic heterocycles. The van der Waals surface area contributed by atoms with Crippen molar-refractivity contribution in [1.82, 2.24) is 10.2 Å². The molecule has 5 rings (SSSR count). The first-order valence-corrected chi connectivity index (χ1v) is 8.85. The van der Waals surface area contributed by atoms with Crippen LogP contribution in [0.15, 0.2) is 53.9 Å². The Kier molecular flexibility index (Phi) is 3.67. The minimum Gasteiger partial charge on any atom is -0.454 e. The summed E-state index contributed by atoms with van der Waals surface area (Å²) in [5.41, 5.74) is 9.27. The molecule has 0 saturated carbocycles. The number of hydrogen-bond donors (Lipinski definition) is 2. The van der Waals surface area contributed by atoms with Gasteiger partial charge in [0, 0.05) is 11.1 Å². The van der Waals surface area contributed by atoms with Crippen LogP contribution in [0.5, 0.6) is 17.4 Å². The summed E-state index contributed by atoms with van der Waals surface area (Å²) in [4.78, 5) is 0. The van der Waals surface area contributed by atoms with E-state index in [1.54, 1.807) is 12.1 Å². The smallest absolute Gasteiger partial charge is 0.244 e. The van der Waals surface area contributed by atoms with Crippen LogP contribution in [0.25, 0.3) is 11.3 Å². The maximum absolute atomic E-state index is 9.80. The summed E-state index contributed by atoms with van der Waals surface area (Å²) in [5.74, 6) is 0.874. The number of ether oxygens (including phenoxy) is 3. The number of fused-ring (bicyclic) bond motifs is 2.